The monoisotopic (exact) mass is 364 g/mol. The van der Waals surface area contributed by atoms with Gasteiger partial charge in [0.05, 0.1) is 13.2 Å². The van der Waals surface area contributed by atoms with Crippen LogP contribution in [0.5, 0.6) is 0 Å². The van der Waals surface area contributed by atoms with Gasteiger partial charge < -0.3 is 15.0 Å². The summed E-state index contributed by atoms with van der Waals surface area (Å²) >= 11 is 0. The van der Waals surface area contributed by atoms with E-state index in [0.717, 1.165) is 43.2 Å². The molecular formula is C19H20N6O2. The molecule has 0 unspecified atom stereocenters. The van der Waals surface area contributed by atoms with E-state index < -0.39 is 0 Å². The second kappa shape index (κ2) is 7.96. The third kappa shape index (κ3) is 4.29. The van der Waals surface area contributed by atoms with Crippen LogP contribution in [0.4, 0.5) is 11.4 Å². The average Bonchev–Trinajstić information content (AvgIpc) is 3.18. The topological polar surface area (TPSA) is 85.2 Å². The molecule has 0 aliphatic carbocycles. The van der Waals surface area contributed by atoms with E-state index in [2.05, 4.69) is 25.6 Å². The SMILES string of the molecule is O=C(Cn1nnc(-c2ccccc2)n1)Nc1ccc(N2CCOCC2)cc1. The number of hydrogen-bond acceptors (Lipinski definition) is 6. The van der Waals surface area contributed by atoms with E-state index in [0.29, 0.717) is 5.82 Å². The Balaban J connectivity index is 1.35. The molecule has 1 fully saturated rings. The highest BCUT2D eigenvalue weighted by atomic mass is 16.5. The number of benzene rings is 2. The molecule has 2 aromatic carbocycles. The summed E-state index contributed by atoms with van der Waals surface area (Å²) in [5.41, 5.74) is 2.73. The molecule has 1 N–H and O–H groups in total. The minimum absolute atomic E-state index is 0.00501. The van der Waals surface area contributed by atoms with Crippen LogP contribution in [-0.2, 0) is 16.1 Å². The number of carbonyl (C=O) groups excluding carboxylic acids is 1. The lowest BCUT2D eigenvalue weighted by atomic mass is 10.2. The third-order valence-electron chi connectivity index (χ3n) is 4.30. The van der Waals surface area contributed by atoms with Crippen LogP contribution in [0.3, 0.4) is 0 Å². The number of tetrazole rings is 1. The maximum atomic E-state index is 12.2. The summed E-state index contributed by atoms with van der Waals surface area (Å²) in [5.74, 6) is 0.296. The Morgan fingerprint density at radius 3 is 2.52 bits per heavy atom. The van der Waals surface area contributed by atoms with Gasteiger partial charge in [-0.15, -0.1) is 10.2 Å². The summed E-state index contributed by atoms with van der Waals surface area (Å²) in [7, 11) is 0. The highest BCUT2D eigenvalue weighted by Gasteiger charge is 2.12. The first-order chi connectivity index (χ1) is 13.3. The number of aromatic nitrogens is 4. The van der Waals surface area contributed by atoms with Crippen molar-refractivity contribution in [2.45, 2.75) is 6.54 Å². The van der Waals surface area contributed by atoms with Gasteiger partial charge in [-0.2, -0.15) is 4.80 Å². The van der Waals surface area contributed by atoms with Crippen LogP contribution in [0.25, 0.3) is 11.4 Å². The first-order valence-corrected chi connectivity index (χ1v) is 8.84. The molecule has 8 heteroatoms. The number of anilines is 2. The Kier molecular flexibility index (Phi) is 5.06. The second-order valence-corrected chi connectivity index (χ2v) is 6.20. The van der Waals surface area contributed by atoms with Crippen LogP contribution in [0, 0.1) is 0 Å². The minimum atomic E-state index is -0.203. The molecule has 2 heterocycles. The molecule has 0 atom stereocenters. The van der Waals surface area contributed by atoms with Crippen molar-refractivity contribution in [3.05, 3.63) is 54.6 Å². The van der Waals surface area contributed by atoms with Crippen molar-refractivity contribution in [1.29, 1.82) is 0 Å². The predicted octanol–water partition coefficient (Wildman–Crippen LogP) is 1.82. The van der Waals surface area contributed by atoms with Crippen molar-refractivity contribution in [2.24, 2.45) is 0 Å². The number of nitrogens with one attached hydrogen (secondary N) is 1. The molecule has 1 aromatic heterocycles. The molecule has 0 spiro atoms. The predicted molar refractivity (Wildman–Crippen MR) is 101 cm³/mol. The average molecular weight is 364 g/mol. The normalized spacial score (nSPS) is 14.1. The van der Waals surface area contributed by atoms with Gasteiger partial charge in [0.15, 0.2) is 0 Å². The Bertz CT molecular complexity index is 888. The number of carbonyl (C=O) groups is 1. The number of ether oxygens (including phenoxy) is 1. The Morgan fingerprint density at radius 2 is 1.78 bits per heavy atom. The molecule has 0 saturated carbocycles. The maximum absolute atomic E-state index is 12.2. The molecule has 27 heavy (non-hydrogen) atoms. The number of nitrogens with zero attached hydrogens (tertiary/aromatic N) is 5. The van der Waals surface area contributed by atoms with E-state index in [1.54, 1.807) is 0 Å². The highest BCUT2D eigenvalue weighted by Crippen LogP contribution is 2.19. The number of amides is 1. The van der Waals surface area contributed by atoms with Gasteiger partial charge in [-0.05, 0) is 29.5 Å². The van der Waals surface area contributed by atoms with Crippen LogP contribution in [0.2, 0.25) is 0 Å². The van der Waals surface area contributed by atoms with Gasteiger partial charge >= 0.3 is 0 Å². The fourth-order valence-corrected chi connectivity index (χ4v) is 2.92. The Morgan fingerprint density at radius 1 is 1.04 bits per heavy atom. The molecule has 138 valence electrons. The number of morpholine rings is 1. The second-order valence-electron chi connectivity index (χ2n) is 6.20. The standard InChI is InChI=1S/C19H20N6O2/c26-18(14-25-22-19(21-23-25)15-4-2-1-3-5-15)20-16-6-8-17(9-7-16)24-10-12-27-13-11-24/h1-9H,10-14H2,(H,20,26). The van der Waals surface area contributed by atoms with Gasteiger partial charge in [-0.1, -0.05) is 30.3 Å². The summed E-state index contributed by atoms with van der Waals surface area (Å²) in [6, 6.07) is 17.3. The van der Waals surface area contributed by atoms with Crippen molar-refractivity contribution >= 4 is 17.3 Å². The molecule has 0 radical (unpaired) electrons. The smallest absolute Gasteiger partial charge is 0.248 e. The van der Waals surface area contributed by atoms with E-state index >= 15 is 0 Å². The molecule has 1 amide bonds. The maximum Gasteiger partial charge on any atom is 0.248 e. The summed E-state index contributed by atoms with van der Waals surface area (Å²) < 4.78 is 5.37. The van der Waals surface area contributed by atoms with Crippen molar-refractivity contribution in [3.8, 4) is 11.4 Å². The third-order valence-corrected chi connectivity index (χ3v) is 4.30. The zero-order chi connectivity index (χ0) is 18.5. The summed E-state index contributed by atoms with van der Waals surface area (Å²) in [5, 5.41) is 15.1. The largest absolute Gasteiger partial charge is 0.378 e. The van der Waals surface area contributed by atoms with Crippen LogP contribution in [0.1, 0.15) is 0 Å². The van der Waals surface area contributed by atoms with E-state index in [1.807, 2.05) is 54.6 Å². The fourth-order valence-electron chi connectivity index (χ4n) is 2.92. The van der Waals surface area contributed by atoms with E-state index in [1.165, 1.54) is 4.80 Å². The van der Waals surface area contributed by atoms with E-state index in [9.17, 15) is 4.79 Å². The molecular weight excluding hydrogens is 344 g/mol. The Labute approximate surface area is 156 Å². The van der Waals surface area contributed by atoms with Crippen molar-refractivity contribution < 1.29 is 9.53 Å². The van der Waals surface area contributed by atoms with E-state index in [4.69, 9.17) is 4.74 Å². The molecule has 4 rings (SSSR count). The van der Waals surface area contributed by atoms with Gasteiger partial charge in [-0.25, -0.2) is 0 Å². The first kappa shape index (κ1) is 17.2. The van der Waals surface area contributed by atoms with Crippen LogP contribution in [0.15, 0.2) is 54.6 Å². The lowest BCUT2D eigenvalue weighted by molar-refractivity contribution is -0.117. The summed E-state index contributed by atoms with van der Waals surface area (Å²) in [6.07, 6.45) is 0. The van der Waals surface area contributed by atoms with Gasteiger partial charge in [0.2, 0.25) is 11.7 Å². The molecule has 8 nitrogen and oxygen atoms in total. The van der Waals surface area contributed by atoms with Crippen molar-refractivity contribution in [3.63, 3.8) is 0 Å². The minimum Gasteiger partial charge on any atom is -0.378 e. The first-order valence-electron chi connectivity index (χ1n) is 8.84. The van der Waals surface area contributed by atoms with Crippen LogP contribution < -0.4 is 10.2 Å². The summed E-state index contributed by atoms with van der Waals surface area (Å²) in [6.45, 7) is 3.26. The molecule has 0 bridgehead atoms. The zero-order valence-electron chi connectivity index (χ0n) is 14.8. The molecule has 1 aliphatic rings. The van der Waals surface area contributed by atoms with Gasteiger partial charge in [0.1, 0.15) is 6.54 Å². The quantitative estimate of drug-likeness (QED) is 0.743. The van der Waals surface area contributed by atoms with E-state index in [-0.39, 0.29) is 12.5 Å². The highest BCUT2D eigenvalue weighted by molar-refractivity contribution is 5.90. The number of rotatable bonds is 5. The zero-order valence-corrected chi connectivity index (χ0v) is 14.8. The van der Waals surface area contributed by atoms with Gasteiger partial charge in [0.25, 0.3) is 0 Å². The van der Waals surface area contributed by atoms with Crippen molar-refractivity contribution in [1.82, 2.24) is 20.2 Å². The van der Waals surface area contributed by atoms with Gasteiger partial charge in [0, 0.05) is 30.0 Å². The lowest BCUT2D eigenvalue weighted by Crippen LogP contribution is -2.36. The van der Waals surface area contributed by atoms with Crippen LogP contribution in [-0.4, -0.2) is 52.4 Å². The van der Waals surface area contributed by atoms with Crippen LogP contribution >= 0.6 is 0 Å². The van der Waals surface area contributed by atoms with Gasteiger partial charge in [-0.3, -0.25) is 4.79 Å². The van der Waals surface area contributed by atoms with Crippen molar-refractivity contribution in [2.75, 3.05) is 36.5 Å². The molecule has 1 saturated heterocycles. The summed E-state index contributed by atoms with van der Waals surface area (Å²) in [4.78, 5) is 15.8. The number of hydrogen-bond donors (Lipinski definition) is 1. The Hall–Kier alpha value is -3.26. The fraction of sp³-hybridized carbons (Fsp3) is 0.263. The molecule has 3 aromatic rings. The lowest BCUT2D eigenvalue weighted by Gasteiger charge is -2.28. The molecule has 1 aliphatic heterocycles.